The van der Waals surface area contributed by atoms with Gasteiger partial charge in [-0.05, 0) is 43.2 Å². The maximum atomic E-state index is 12.1. The number of hydrogen-bond donors (Lipinski definition) is 1. The molecule has 4 nitrogen and oxygen atoms in total. The smallest absolute Gasteiger partial charge is 0.259 e. The molecule has 0 aliphatic rings. The Hall–Kier alpha value is -2.27. The van der Waals surface area contributed by atoms with Gasteiger partial charge in [-0.1, -0.05) is 17.4 Å². The number of aryl methyl sites for hydroxylation is 2. The third kappa shape index (κ3) is 2.28. The van der Waals surface area contributed by atoms with Gasteiger partial charge >= 0.3 is 0 Å². The van der Waals surface area contributed by atoms with E-state index in [1.165, 1.54) is 23.1 Å². The van der Waals surface area contributed by atoms with Crippen molar-refractivity contribution in [1.82, 2.24) is 9.97 Å². The van der Waals surface area contributed by atoms with Crippen LogP contribution in [-0.4, -0.2) is 15.9 Å². The minimum atomic E-state index is -0.188. The van der Waals surface area contributed by atoms with Gasteiger partial charge in [0.25, 0.3) is 5.91 Å². The lowest BCUT2D eigenvalue weighted by Crippen LogP contribution is -2.11. The Kier molecular flexibility index (Phi) is 3.20. The van der Waals surface area contributed by atoms with Crippen molar-refractivity contribution in [1.29, 1.82) is 0 Å². The van der Waals surface area contributed by atoms with Gasteiger partial charge in [-0.2, -0.15) is 0 Å². The summed E-state index contributed by atoms with van der Waals surface area (Å²) in [5, 5.41) is 3.44. The first-order valence-corrected chi connectivity index (χ1v) is 7.05. The number of amides is 1. The highest BCUT2D eigenvalue weighted by atomic mass is 32.1. The molecule has 0 spiro atoms. The van der Waals surface area contributed by atoms with Crippen molar-refractivity contribution < 1.29 is 4.79 Å². The predicted octanol–water partition coefficient (Wildman–Crippen LogP) is 3.56. The maximum Gasteiger partial charge on any atom is 0.259 e. The Morgan fingerprint density at radius 1 is 1.25 bits per heavy atom. The molecular weight excluding hydrogens is 270 g/mol. The average molecular weight is 283 g/mol. The summed E-state index contributed by atoms with van der Waals surface area (Å²) in [5.74, 6) is -0.188. The summed E-state index contributed by atoms with van der Waals surface area (Å²) in [6.45, 7) is 4.10. The normalized spacial score (nSPS) is 10.7. The lowest BCUT2D eigenvalue weighted by Gasteiger charge is -2.00. The van der Waals surface area contributed by atoms with Gasteiger partial charge in [0.05, 0.1) is 15.8 Å². The highest BCUT2D eigenvalue weighted by molar-refractivity contribution is 7.22. The second-order valence-electron chi connectivity index (χ2n) is 4.57. The molecule has 0 saturated carbocycles. The third-order valence-corrected chi connectivity index (χ3v) is 4.17. The van der Waals surface area contributed by atoms with Crippen LogP contribution in [0.1, 0.15) is 21.5 Å². The molecule has 0 aliphatic carbocycles. The van der Waals surface area contributed by atoms with Gasteiger partial charge in [-0.25, -0.2) is 4.98 Å². The fourth-order valence-electron chi connectivity index (χ4n) is 1.95. The number of carbonyl (C=O) groups excluding carboxylic acids is 1. The number of fused-ring (bicyclic) bond motifs is 1. The fourth-order valence-corrected chi connectivity index (χ4v) is 2.87. The number of anilines is 1. The lowest BCUT2D eigenvalue weighted by molar-refractivity contribution is 0.102. The topological polar surface area (TPSA) is 54.9 Å². The largest absolute Gasteiger partial charge is 0.298 e. The minimum absolute atomic E-state index is 0.188. The number of hydrogen-bond acceptors (Lipinski definition) is 4. The summed E-state index contributed by atoms with van der Waals surface area (Å²) in [6.07, 6.45) is 3.18. The van der Waals surface area contributed by atoms with Crippen molar-refractivity contribution in [3.8, 4) is 0 Å². The summed E-state index contributed by atoms with van der Waals surface area (Å²) in [5.41, 5.74) is 3.84. The lowest BCUT2D eigenvalue weighted by atomic mass is 10.1. The number of nitrogens with zero attached hydrogens (tertiary/aromatic N) is 2. The molecule has 3 aromatic rings. The first-order valence-electron chi connectivity index (χ1n) is 6.23. The second-order valence-corrected chi connectivity index (χ2v) is 5.60. The van der Waals surface area contributed by atoms with Crippen LogP contribution in [0.25, 0.3) is 10.2 Å². The van der Waals surface area contributed by atoms with E-state index >= 15 is 0 Å². The summed E-state index contributed by atoms with van der Waals surface area (Å²) in [6, 6.07) is 7.57. The molecule has 5 heteroatoms. The summed E-state index contributed by atoms with van der Waals surface area (Å²) in [7, 11) is 0. The van der Waals surface area contributed by atoms with Crippen LogP contribution in [-0.2, 0) is 0 Å². The van der Waals surface area contributed by atoms with Crippen LogP contribution in [0.15, 0.2) is 36.7 Å². The van der Waals surface area contributed by atoms with Gasteiger partial charge in [0.1, 0.15) is 0 Å². The van der Waals surface area contributed by atoms with Crippen molar-refractivity contribution in [3.05, 3.63) is 53.3 Å². The zero-order chi connectivity index (χ0) is 14.1. The molecule has 100 valence electrons. The molecule has 0 unspecified atom stereocenters. The third-order valence-electron chi connectivity index (χ3n) is 3.23. The van der Waals surface area contributed by atoms with E-state index in [2.05, 4.69) is 28.3 Å². The van der Waals surface area contributed by atoms with E-state index in [-0.39, 0.29) is 5.91 Å². The van der Waals surface area contributed by atoms with Gasteiger partial charge in [0.2, 0.25) is 0 Å². The number of rotatable bonds is 2. The summed E-state index contributed by atoms with van der Waals surface area (Å²) in [4.78, 5) is 20.5. The molecule has 0 fully saturated rings. The van der Waals surface area contributed by atoms with E-state index in [4.69, 9.17) is 0 Å². The Morgan fingerprint density at radius 3 is 2.85 bits per heavy atom. The molecule has 1 N–H and O–H groups in total. The molecule has 0 bridgehead atoms. The molecule has 1 aromatic carbocycles. The number of carbonyl (C=O) groups is 1. The van der Waals surface area contributed by atoms with E-state index in [9.17, 15) is 4.79 Å². The number of aromatic nitrogens is 2. The highest BCUT2D eigenvalue weighted by Gasteiger charge is 2.11. The molecule has 0 radical (unpaired) electrons. The first-order chi connectivity index (χ1) is 9.65. The molecule has 0 saturated heterocycles. The number of thiazole rings is 1. The van der Waals surface area contributed by atoms with Crippen LogP contribution in [0.3, 0.4) is 0 Å². The van der Waals surface area contributed by atoms with Crippen LogP contribution < -0.4 is 5.32 Å². The van der Waals surface area contributed by atoms with Gasteiger partial charge in [-0.15, -0.1) is 0 Å². The van der Waals surface area contributed by atoms with Crippen LogP contribution in [0.4, 0.5) is 5.13 Å². The monoisotopic (exact) mass is 283 g/mol. The SMILES string of the molecule is Cc1ccc2sc(NC(=O)c3cccnc3)nc2c1C. The van der Waals surface area contributed by atoms with Gasteiger partial charge in [-0.3, -0.25) is 15.1 Å². The van der Waals surface area contributed by atoms with Crippen molar-refractivity contribution in [2.75, 3.05) is 5.32 Å². The van der Waals surface area contributed by atoms with E-state index < -0.39 is 0 Å². The predicted molar refractivity (Wildman–Crippen MR) is 81.3 cm³/mol. The van der Waals surface area contributed by atoms with Crippen molar-refractivity contribution in [2.24, 2.45) is 0 Å². The van der Waals surface area contributed by atoms with E-state index in [1.807, 2.05) is 13.0 Å². The van der Waals surface area contributed by atoms with Crippen LogP contribution >= 0.6 is 11.3 Å². The number of benzene rings is 1. The zero-order valence-electron chi connectivity index (χ0n) is 11.2. The van der Waals surface area contributed by atoms with Crippen LogP contribution in [0.2, 0.25) is 0 Å². The molecule has 0 atom stereocenters. The van der Waals surface area contributed by atoms with Crippen molar-refractivity contribution in [3.63, 3.8) is 0 Å². The maximum absolute atomic E-state index is 12.1. The van der Waals surface area contributed by atoms with Crippen molar-refractivity contribution in [2.45, 2.75) is 13.8 Å². The molecule has 1 amide bonds. The van der Waals surface area contributed by atoms with Crippen molar-refractivity contribution >= 4 is 32.6 Å². The van der Waals surface area contributed by atoms with Crippen LogP contribution in [0, 0.1) is 13.8 Å². The Bertz CT molecular complexity index is 780. The molecular formula is C15H13N3OS. The molecule has 2 heterocycles. The standard InChI is InChI=1S/C15H13N3OS/c1-9-5-6-12-13(10(9)2)17-15(20-12)18-14(19)11-4-3-7-16-8-11/h3-8H,1-2H3,(H,17,18,19). The number of pyridine rings is 1. The second kappa shape index (κ2) is 5.02. The average Bonchev–Trinajstić information content (AvgIpc) is 2.87. The highest BCUT2D eigenvalue weighted by Crippen LogP contribution is 2.29. The molecule has 3 rings (SSSR count). The summed E-state index contributed by atoms with van der Waals surface area (Å²) < 4.78 is 1.08. The van der Waals surface area contributed by atoms with E-state index in [1.54, 1.807) is 18.3 Å². The first kappa shape index (κ1) is 12.7. The minimum Gasteiger partial charge on any atom is -0.298 e. The van der Waals surface area contributed by atoms with E-state index in [0.29, 0.717) is 10.7 Å². The van der Waals surface area contributed by atoms with Gasteiger partial charge in [0, 0.05) is 12.4 Å². The summed E-state index contributed by atoms with van der Waals surface area (Å²) >= 11 is 1.48. The number of nitrogens with one attached hydrogen (secondary N) is 1. The van der Waals surface area contributed by atoms with E-state index in [0.717, 1.165) is 15.8 Å². The van der Waals surface area contributed by atoms with Gasteiger partial charge in [0.15, 0.2) is 5.13 Å². The molecule has 0 aliphatic heterocycles. The van der Waals surface area contributed by atoms with Gasteiger partial charge < -0.3 is 0 Å². The molecule has 2 aromatic heterocycles. The Morgan fingerprint density at radius 2 is 2.10 bits per heavy atom. The quantitative estimate of drug-likeness (QED) is 0.782. The Balaban J connectivity index is 1.92. The zero-order valence-corrected chi connectivity index (χ0v) is 12.0. The fraction of sp³-hybridized carbons (Fsp3) is 0.133. The Labute approximate surface area is 120 Å². The molecule has 20 heavy (non-hydrogen) atoms. The van der Waals surface area contributed by atoms with Crippen LogP contribution in [0.5, 0.6) is 0 Å².